The second-order valence-electron chi connectivity index (χ2n) is 8.05. The summed E-state index contributed by atoms with van der Waals surface area (Å²) in [6.07, 6.45) is -0.225. The van der Waals surface area contributed by atoms with Crippen LogP contribution in [-0.2, 0) is 21.0 Å². The molecule has 15 heteroatoms. The van der Waals surface area contributed by atoms with Crippen molar-refractivity contribution in [3.8, 4) is 0 Å². The predicted molar refractivity (Wildman–Crippen MR) is 125 cm³/mol. The number of hydrogen-bond acceptors (Lipinski definition) is 10. The van der Waals surface area contributed by atoms with Crippen LogP contribution in [0.25, 0.3) is 0 Å². The Bertz CT molecular complexity index is 1350. The van der Waals surface area contributed by atoms with Crippen LogP contribution >= 0.6 is 11.6 Å². The Kier molecular flexibility index (Phi) is 7.63. The Balaban J connectivity index is 1.50. The van der Waals surface area contributed by atoms with Crippen LogP contribution < -0.4 is 10.0 Å². The number of hydrogen-bond donors (Lipinski definition) is 4. The van der Waals surface area contributed by atoms with Crippen molar-refractivity contribution < 1.29 is 32.0 Å². The van der Waals surface area contributed by atoms with Crippen LogP contribution in [0.2, 0.25) is 5.02 Å². The summed E-state index contributed by atoms with van der Waals surface area (Å²) >= 11 is 5.89. The summed E-state index contributed by atoms with van der Waals surface area (Å²) in [7, 11) is -2.96. The van der Waals surface area contributed by atoms with Crippen LogP contribution in [0.15, 0.2) is 43.0 Å². The van der Waals surface area contributed by atoms with Crippen LogP contribution in [0.5, 0.6) is 0 Å². The van der Waals surface area contributed by atoms with E-state index < -0.39 is 46.3 Å². The highest BCUT2D eigenvalue weighted by molar-refractivity contribution is 7.84. The number of aromatic nitrogens is 4. The fraction of sp³-hybridized carbons (Fsp3) is 0.333. The predicted octanol–water partition coefficient (Wildman–Crippen LogP) is 0.500. The molecular weight excluding hydrogens is 519 g/mol. The lowest BCUT2D eigenvalue weighted by molar-refractivity contribution is -0.00882. The van der Waals surface area contributed by atoms with Gasteiger partial charge in [0.15, 0.2) is 0 Å². The minimum absolute atomic E-state index is 0.0328. The van der Waals surface area contributed by atoms with Crippen LogP contribution in [0, 0.1) is 5.82 Å². The summed E-state index contributed by atoms with van der Waals surface area (Å²) in [5, 5.41) is 28.0. The van der Waals surface area contributed by atoms with E-state index in [9.17, 15) is 27.8 Å². The number of aliphatic hydroxyl groups excluding tert-OH is 2. The maximum absolute atomic E-state index is 13.6. The monoisotopic (exact) mass is 540 g/mol. The number of benzene rings is 1. The van der Waals surface area contributed by atoms with Gasteiger partial charge in [-0.1, -0.05) is 11.6 Å². The Labute approximate surface area is 210 Å². The van der Waals surface area contributed by atoms with Gasteiger partial charge in [0.1, 0.15) is 42.0 Å². The average Bonchev–Trinajstić information content (AvgIpc) is 3.38. The lowest BCUT2D eigenvalue weighted by atomic mass is 10.1. The van der Waals surface area contributed by atoms with Gasteiger partial charge in [-0.05, 0) is 29.8 Å². The van der Waals surface area contributed by atoms with Crippen molar-refractivity contribution in [1.82, 2.24) is 24.5 Å². The molecule has 1 aromatic carbocycles. The van der Waals surface area contributed by atoms with E-state index in [2.05, 4.69) is 20.4 Å². The van der Waals surface area contributed by atoms with Crippen molar-refractivity contribution >= 4 is 33.5 Å². The van der Waals surface area contributed by atoms with E-state index in [0.717, 1.165) is 7.05 Å². The summed E-state index contributed by atoms with van der Waals surface area (Å²) in [6.45, 7) is 0.171. The minimum atomic E-state index is -4.11. The molecule has 0 spiro atoms. The first-order chi connectivity index (χ1) is 17.1. The van der Waals surface area contributed by atoms with Crippen molar-refractivity contribution in [3.63, 3.8) is 0 Å². The SMILES string of the molecule is CNS(=O)(=O)O[C@@H]1C[C@@H](Nc2ncncc2C(=O)c2ccn(Cc3cc(F)cc(Cl)c3)n2)[C@H](O)[C@H]1O. The first-order valence-electron chi connectivity index (χ1n) is 10.6. The molecule has 36 heavy (non-hydrogen) atoms. The molecule has 0 unspecified atom stereocenters. The molecule has 4 N–H and O–H groups in total. The summed E-state index contributed by atoms with van der Waals surface area (Å²) in [5.74, 6) is -0.976. The van der Waals surface area contributed by atoms with E-state index in [1.54, 1.807) is 12.3 Å². The molecule has 0 amide bonds. The minimum Gasteiger partial charge on any atom is -0.388 e. The van der Waals surface area contributed by atoms with Crippen molar-refractivity contribution in [2.75, 3.05) is 12.4 Å². The van der Waals surface area contributed by atoms with Gasteiger partial charge in [0.05, 0.1) is 18.2 Å². The number of aliphatic hydroxyl groups is 2. The van der Waals surface area contributed by atoms with Gasteiger partial charge in [-0.2, -0.15) is 18.2 Å². The number of ketones is 1. The fourth-order valence-corrected chi connectivity index (χ4v) is 4.68. The molecule has 12 nitrogen and oxygen atoms in total. The molecule has 192 valence electrons. The van der Waals surface area contributed by atoms with Gasteiger partial charge in [-0.25, -0.2) is 14.4 Å². The molecular formula is C21H22ClFN6O6S. The Hall–Kier alpha value is -3.01. The van der Waals surface area contributed by atoms with E-state index >= 15 is 0 Å². The normalized spacial score (nSPS) is 22.0. The van der Waals surface area contributed by atoms with Gasteiger partial charge < -0.3 is 15.5 Å². The molecule has 0 aliphatic heterocycles. The van der Waals surface area contributed by atoms with Crippen LogP contribution in [0.4, 0.5) is 10.2 Å². The summed E-state index contributed by atoms with van der Waals surface area (Å²) in [5.41, 5.74) is 0.646. The van der Waals surface area contributed by atoms with Crippen molar-refractivity contribution in [1.29, 1.82) is 0 Å². The van der Waals surface area contributed by atoms with E-state index in [1.165, 1.54) is 35.4 Å². The van der Waals surface area contributed by atoms with Gasteiger partial charge in [0.2, 0.25) is 5.78 Å². The molecule has 4 rings (SSSR count). The second-order valence-corrected chi connectivity index (χ2v) is 10.00. The third kappa shape index (κ3) is 5.86. The Morgan fingerprint density at radius 3 is 2.81 bits per heavy atom. The lowest BCUT2D eigenvalue weighted by Crippen LogP contribution is -2.38. The quantitative estimate of drug-likeness (QED) is 0.280. The van der Waals surface area contributed by atoms with Crippen molar-refractivity contribution in [3.05, 3.63) is 70.6 Å². The van der Waals surface area contributed by atoms with E-state index in [4.69, 9.17) is 15.8 Å². The van der Waals surface area contributed by atoms with Crippen LogP contribution in [0.3, 0.4) is 0 Å². The third-order valence-electron chi connectivity index (χ3n) is 5.55. The number of carbonyl (C=O) groups excluding carboxylic acids is 1. The Morgan fingerprint density at radius 1 is 1.31 bits per heavy atom. The molecule has 3 aromatic rings. The molecule has 4 atom stereocenters. The first kappa shape index (κ1) is 26.1. The topological polar surface area (TPSA) is 169 Å². The van der Waals surface area contributed by atoms with Gasteiger partial charge in [-0.15, -0.1) is 0 Å². The van der Waals surface area contributed by atoms with Gasteiger partial charge in [0, 0.05) is 30.9 Å². The molecule has 1 aliphatic rings. The van der Waals surface area contributed by atoms with Crippen LogP contribution in [-0.4, -0.2) is 75.6 Å². The maximum Gasteiger partial charge on any atom is 0.335 e. The molecule has 0 saturated heterocycles. The van der Waals surface area contributed by atoms with E-state index in [-0.39, 0.29) is 35.1 Å². The largest absolute Gasteiger partial charge is 0.388 e. The highest BCUT2D eigenvalue weighted by atomic mass is 35.5. The molecule has 1 aliphatic carbocycles. The maximum atomic E-state index is 13.6. The molecule has 1 fully saturated rings. The van der Waals surface area contributed by atoms with E-state index in [0.29, 0.717) is 5.56 Å². The highest BCUT2D eigenvalue weighted by Gasteiger charge is 2.44. The Morgan fingerprint density at radius 2 is 2.08 bits per heavy atom. The van der Waals surface area contributed by atoms with E-state index in [1.807, 2.05) is 4.72 Å². The second kappa shape index (κ2) is 10.5. The molecule has 0 radical (unpaired) electrons. The fourth-order valence-electron chi connectivity index (χ4n) is 3.82. The zero-order chi connectivity index (χ0) is 26.0. The zero-order valence-corrected chi connectivity index (χ0v) is 20.3. The summed E-state index contributed by atoms with van der Waals surface area (Å²) < 4.78 is 45.3. The van der Waals surface area contributed by atoms with Crippen LogP contribution in [0.1, 0.15) is 28.0 Å². The number of nitrogens with zero attached hydrogens (tertiary/aromatic N) is 4. The van der Waals surface area contributed by atoms with Crippen molar-refractivity contribution in [2.45, 2.75) is 37.3 Å². The van der Waals surface area contributed by atoms with Gasteiger partial charge in [0.25, 0.3) is 0 Å². The summed E-state index contributed by atoms with van der Waals surface area (Å²) in [6, 6.07) is 4.67. The number of anilines is 1. The number of carbonyl (C=O) groups is 1. The van der Waals surface area contributed by atoms with Gasteiger partial charge in [-0.3, -0.25) is 13.7 Å². The summed E-state index contributed by atoms with van der Waals surface area (Å²) in [4.78, 5) is 21.1. The first-order valence-corrected chi connectivity index (χ1v) is 12.4. The van der Waals surface area contributed by atoms with Gasteiger partial charge >= 0.3 is 10.3 Å². The molecule has 0 bridgehead atoms. The molecule has 2 aromatic heterocycles. The molecule has 2 heterocycles. The number of rotatable bonds is 9. The zero-order valence-electron chi connectivity index (χ0n) is 18.7. The third-order valence-corrected chi connectivity index (χ3v) is 6.77. The number of halogens is 2. The molecule has 1 saturated carbocycles. The highest BCUT2D eigenvalue weighted by Crippen LogP contribution is 2.28. The van der Waals surface area contributed by atoms with Crippen molar-refractivity contribution in [2.24, 2.45) is 0 Å². The number of nitrogens with one attached hydrogen (secondary N) is 2. The lowest BCUT2D eigenvalue weighted by Gasteiger charge is -2.19. The standard InChI is InChI=1S/C21H22ClFN6O6S/c1-24-36(33,34)35-17-7-16(19(31)20(17)32)27-21-14(8-25-10-26-21)18(30)15-2-3-29(28-15)9-11-4-12(22)6-13(23)5-11/h2-6,8,10,16-17,19-20,24,31-32H,7,9H2,1H3,(H,25,26,27)/t16-,17-,19+,20+/m1/s1. The average molecular weight is 541 g/mol. The smallest absolute Gasteiger partial charge is 0.335 e.